The van der Waals surface area contributed by atoms with Crippen molar-refractivity contribution in [3.05, 3.63) is 69.8 Å². The predicted molar refractivity (Wildman–Crippen MR) is 96.4 cm³/mol. The number of nitro groups is 1. The van der Waals surface area contributed by atoms with Crippen molar-refractivity contribution in [1.29, 1.82) is 0 Å². The molecule has 2 unspecified atom stereocenters. The molecule has 1 aliphatic rings. The number of hydrogen-bond acceptors (Lipinski definition) is 6. The smallest absolute Gasteiger partial charge is 0.344 e. The molecule has 1 fully saturated rings. The standard InChI is InChI=1S/C19H20N2O5/c1-13-11-20(18(12-26-13)14-6-4-3-5-7-14)15-8-9-17(21(23)24)16(10-15)19(22)25-2/h3-10,13,18H,11-12H2,1-2H3. The van der Waals surface area contributed by atoms with Crippen molar-refractivity contribution in [3.63, 3.8) is 0 Å². The fraction of sp³-hybridized carbons (Fsp3) is 0.316. The Hall–Kier alpha value is -2.93. The van der Waals surface area contributed by atoms with Gasteiger partial charge in [0.25, 0.3) is 5.69 Å². The molecular formula is C19H20N2O5. The third-order valence-corrected chi connectivity index (χ3v) is 4.47. The highest BCUT2D eigenvalue weighted by molar-refractivity contribution is 5.95. The zero-order valence-electron chi connectivity index (χ0n) is 14.6. The summed E-state index contributed by atoms with van der Waals surface area (Å²) in [5.41, 5.74) is 1.48. The average molecular weight is 356 g/mol. The highest BCUT2D eigenvalue weighted by atomic mass is 16.6. The van der Waals surface area contributed by atoms with Gasteiger partial charge in [0.2, 0.25) is 0 Å². The monoisotopic (exact) mass is 356 g/mol. The van der Waals surface area contributed by atoms with Crippen LogP contribution in [0.15, 0.2) is 48.5 Å². The third kappa shape index (κ3) is 3.52. The molecule has 2 aromatic rings. The minimum atomic E-state index is -0.726. The lowest BCUT2D eigenvalue weighted by Gasteiger charge is -2.40. The van der Waals surface area contributed by atoms with E-state index in [0.29, 0.717) is 13.2 Å². The van der Waals surface area contributed by atoms with E-state index < -0.39 is 10.9 Å². The van der Waals surface area contributed by atoms with Crippen LogP contribution in [-0.2, 0) is 9.47 Å². The zero-order valence-corrected chi connectivity index (χ0v) is 14.6. The van der Waals surface area contributed by atoms with Gasteiger partial charge in [0.1, 0.15) is 5.56 Å². The SMILES string of the molecule is COC(=O)c1cc(N2CC(C)OCC2c2ccccc2)ccc1[N+](=O)[O-]. The van der Waals surface area contributed by atoms with Crippen molar-refractivity contribution in [2.75, 3.05) is 25.2 Å². The number of ether oxygens (including phenoxy) is 2. The Kier molecular flexibility index (Phi) is 5.18. The molecule has 0 bridgehead atoms. The Labute approximate surface area is 151 Å². The van der Waals surface area contributed by atoms with Gasteiger partial charge >= 0.3 is 5.97 Å². The summed E-state index contributed by atoms with van der Waals surface area (Å²) in [5, 5.41) is 11.2. The maximum atomic E-state index is 12.0. The van der Waals surface area contributed by atoms with Gasteiger partial charge in [-0.25, -0.2) is 4.79 Å². The number of rotatable bonds is 4. The van der Waals surface area contributed by atoms with Crippen LogP contribution in [0.25, 0.3) is 0 Å². The lowest BCUT2D eigenvalue weighted by molar-refractivity contribution is -0.385. The Bertz CT molecular complexity index is 809. The van der Waals surface area contributed by atoms with Gasteiger partial charge in [-0.05, 0) is 24.6 Å². The average Bonchev–Trinajstić information content (AvgIpc) is 2.67. The molecule has 0 aliphatic carbocycles. The van der Waals surface area contributed by atoms with E-state index in [4.69, 9.17) is 9.47 Å². The number of hydrogen-bond donors (Lipinski definition) is 0. The maximum absolute atomic E-state index is 12.0. The van der Waals surface area contributed by atoms with Crippen molar-refractivity contribution < 1.29 is 19.2 Å². The van der Waals surface area contributed by atoms with Crippen LogP contribution in [0.5, 0.6) is 0 Å². The van der Waals surface area contributed by atoms with Gasteiger partial charge in [-0.3, -0.25) is 10.1 Å². The molecule has 7 nitrogen and oxygen atoms in total. The second-order valence-corrected chi connectivity index (χ2v) is 6.17. The Balaban J connectivity index is 2.04. The highest BCUT2D eigenvalue weighted by Crippen LogP contribution is 2.34. The first-order valence-electron chi connectivity index (χ1n) is 8.31. The van der Waals surface area contributed by atoms with Crippen LogP contribution in [-0.4, -0.2) is 37.3 Å². The number of nitro benzene ring substituents is 1. The first kappa shape index (κ1) is 17.9. The number of nitrogens with zero attached hydrogens (tertiary/aromatic N) is 2. The second kappa shape index (κ2) is 7.53. The summed E-state index contributed by atoms with van der Waals surface area (Å²) < 4.78 is 10.5. The van der Waals surface area contributed by atoms with Gasteiger partial charge in [0.15, 0.2) is 0 Å². The fourth-order valence-electron chi connectivity index (χ4n) is 3.17. The molecule has 1 aliphatic heterocycles. The van der Waals surface area contributed by atoms with Crippen LogP contribution in [0.4, 0.5) is 11.4 Å². The van der Waals surface area contributed by atoms with Crippen molar-refractivity contribution in [2.24, 2.45) is 0 Å². The second-order valence-electron chi connectivity index (χ2n) is 6.17. The predicted octanol–water partition coefficient (Wildman–Crippen LogP) is 3.35. The molecule has 0 aromatic heterocycles. The van der Waals surface area contributed by atoms with E-state index in [-0.39, 0.29) is 23.4 Å². The molecule has 2 aromatic carbocycles. The quantitative estimate of drug-likeness (QED) is 0.475. The molecule has 2 atom stereocenters. The van der Waals surface area contributed by atoms with Crippen LogP contribution >= 0.6 is 0 Å². The van der Waals surface area contributed by atoms with Crippen LogP contribution in [0.1, 0.15) is 28.9 Å². The topological polar surface area (TPSA) is 81.9 Å². The van der Waals surface area contributed by atoms with Crippen molar-refractivity contribution in [1.82, 2.24) is 0 Å². The van der Waals surface area contributed by atoms with Gasteiger partial charge < -0.3 is 14.4 Å². The first-order valence-corrected chi connectivity index (χ1v) is 8.31. The number of anilines is 1. The Morgan fingerprint density at radius 2 is 2.00 bits per heavy atom. The molecule has 0 spiro atoms. The van der Waals surface area contributed by atoms with Gasteiger partial charge in [0.05, 0.1) is 30.8 Å². The van der Waals surface area contributed by atoms with E-state index in [9.17, 15) is 14.9 Å². The van der Waals surface area contributed by atoms with Crippen LogP contribution in [0.3, 0.4) is 0 Å². The number of carbonyl (C=O) groups excluding carboxylic acids is 1. The van der Waals surface area contributed by atoms with E-state index in [1.807, 2.05) is 37.3 Å². The number of benzene rings is 2. The summed E-state index contributed by atoms with van der Waals surface area (Å²) in [6.45, 7) is 3.08. The number of carbonyl (C=O) groups is 1. The van der Waals surface area contributed by atoms with Crippen LogP contribution < -0.4 is 4.90 Å². The van der Waals surface area contributed by atoms with Gasteiger partial charge in [-0.1, -0.05) is 30.3 Å². The molecular weight excluding hydrogens is 336 g/mol. The van der Waals surface area contributed by atoms with Crippen molar-refractivity contribution >= 4 is 17.3 Å². The molecule has 26 heavy (non-hydrogen) atoms. The molecule has 3 rings (SSSR count). The molecule has 136 valence electrons. The molecule has 0 radical (unpaired) electrons. The fourth-order valence-corrected chi connectivity index (χ4v) is 3.17. The summed E-state index contributed by atoms with van der Waals surface area (Å²) in [6.07, 6.45) is 0.00623. The van der Waals surface area contributed by atoms with E-state index in [1.54, 1.807) is 6.07 Å². The minimum Gasteiger partial charge on any atom is -0.465 e. The molecule has 0 N–H and O–H groups in total. The van der Waals surface area contributed by atoms with Crippen LogP contribution in [0, 0.1) is 10.1 Å². The van der Waals surface area contributed by atoms with Crippen molar-refractivity contribution in [2.45, 2.75) is 19.1 Å². The lowest BCUT2D eigenvalue weighted by Crippen LogP contribution is -2.43. The zero-order chi connectivity index (χ0) is 18.7. The van der Waals surface area contributed by atoms with E-state index in [0.717, 1.165) is 11.3 Å². The number of methoxy groups -OCH3 is 1. The summed E-state index contributed by atoms with van der Waals surface area (Å²) in [4.78, 5) is 24.8. The summed E-state index contributed by atoms with van der Waals surface area (Å²) >= 11 is 0. The number of esters is 1. The third-order valence-electron chi connectivity index (χ3n) is 4.47. The maximum Gasteiger partial charge on any atom is 0.344 e. The largest absolute Gasteiger partial charge is 0.465 e. The summed E-state index contributed by atoms with van der Waals surface area (Å²) in [6, 6.07) is 14.4. The Morgan fingerprint density at radius 1 is 1.27 bits per heavy atom. The molecule has 0 saturated carbocycles. The molecule has 0 amide bonds. The first-order chi connectivity index (χ1) is 12.5. The summed E-state index contributed by atoms with van der Waals surface area (Å²) in [5.74, 6) is -0.726. The normalized spacial score (nSPS) is 19.8. The minimum absolute atomic E-state index is 0.00623. The molecule has 1 heterocycles. The molecule has 7 heteroatoms. The van der Waals surface area contributed by atoms with E-state index in [2.05, 4.69) is 4.90 Å². The van der Waals surface area contributed by atoms with Gasteiger partial charge in [-0.15, -0.1) is 0 Å². The lowest BCUT2D eigenvalue weighted by atomic mass is 10.0. The van der Waals surface area contributed by atoms with Crippen LogP contribution in [0.2, 0.25) is 0 Å². The van der Waals surface area contributed by atoms with Gasteiger partial charge in [-0.2, -0.15) is 0 Å². The summed E-state index contributed by atoms with van der Waals surface area (Å²) in [7, 11) is 1.21. The van der Waals surface area contributed by atoms with E-state index in [1.165, 1.54) is 19.2 Å². The van der Waals surface area contributed by atoms with Gasteiger partial charge in [0, 0.05) is 18.3 Å². The highest BCUT2D eigenvalue weighted by Gasteiger charge is 2.30. The Morgan fingerprint density at radius 3 is 2.65 bits per heavy atom. The number of morpholine rings is 1. The molecule has 1 saturated heterocycles. The van der Waals surface area contributed by atoms with Crippen molar-refractivity contribution in [3.8, 4) is 0 Å². The van der Waals surface area contributed by atoms with E-state index >= 15 is 0 Å².